The van der Waals surface area contributed by atoms with Crippen molar-refractivity contribution in [3.05, 3.63) is 83.7 Å². The van der Waals surface area contributed by atoms with Crippen molar-refractivity contribution < 1.29 is 9.18 Å². The third kappa shape index (κ3) is 5.76. The maximum absolute atomic E-state index is 14.0. The summed E-state index contributed by atoms with van der Waals surface area (Å²) in [5.74, 6) is 0.0405. The van der Waals surface area contributed by atoms with Crippen molar-refractivity contribution in [2.45, 2.75) is 38.3 Å². The largest absolute Gasteiger partial charge is 0.352 e. The van der Waals surface area contributed by atoms with E-state index in [0.717, 1.165) is 50.2 Å². The van der Waals surface area contributed by atoms with E-state index >= 15 is 0 Å². The second-order valence-corrected chi connectivity index (χ2v) is 8.02. The molecule has 1 aromatic carbocycles. The van der Waals surface area contributed by atoms with Crippen molar-refractivity contribution >= 4 is 5.91 Å². The van der Waals surface area contributed by atoms with Crippen LogP contribution in [0.1, 0.15) is 46.8 Å². The second-order valence-electron chi connectivity index (χ2n) is 8.02. The minimum atomic E-state index is -0.150. The molecule has 3 heterocycles. The molecule has 1 fully saturated rings. The molecule has 1 saturated heterocycles. The molecule has 6 nitrogen and oxygen atoms in total. The van der Waals surface area contributed by atoms with Crippen LogP contribution in [-0.4, -0.2) is 45.2 Å². The molecule has 31 heavy (non-hydrogen) atoms. The number of aromatic nitrogens is 3. The minimum absolute atomic E-state index is 0.107. The van der Waals surface area contributed by atoms with Crippen molar-refractivity contribution in [1.82, 2.24) is 25.0 Å². The summed E-state index contributed by atoms with van der Waals surface area (Å²) in [7, 11) is 0. The first-order valence-electron chi connectivity index (χ1n) is 10.9. The number of benzene rings is 1. The van der Waals surface area contributed by atoms with Crippen LogP contribution in [0.15, 0.2) is 61.1 Å². The monoisotopic (exact) mass is 421 g/mol. The molecule has 2 aromatic heterocycles. The molecule has 162 valence electrons. The molecule has 3 aromatic rings. The molecule has 1 aliphatic heterocycles. The molecule has 0 unspecified atom stereocenters. The van der Waals surface area contributed by atoms with Crippen molar-refractivity contribution in [1.29, 1.82) is 0 Å². The van der Waals surface area contributed by atoms with Gasteiger partial charge in [0.1, 0.15) is 5.82 Å². The van der Waals surface area contributed by atoms with Gasteiger partial charge < -0.3 is 5.32 Å². The number of nitrogens with one attached hydrogen (secondary N) is 1. The quantitative estimate of drug-likeness (QED) is 0.565. The summed E-state index contributed by atoms with van der Waals surface area (Å²) in [4.78, 5) is 19.2. The van der Waals surface area contributed by atoms with Gasteiger partial charge in [-0.1, -0.05) is 18.2 Å². The van der Waals surface area contributed by atoms with E-state index in [1.165, 1.54) is 6.07 Å². The van der Waals surface area contributed by atoms with Crippen LogP contribution >= 0.6 is 0 Å². The topological polar surface area (TPSA) is 63.1 Å². The Labute approximate surface area is 182 Å². The number of rotatable bonds is 8. The zero-order valence-electron chi connectivity index (χ0n) is 17.6. The van der Waals surface area contributed by atoms with Crippen molar-refractivity contribution in [2.24, 2.45) is 0 Å². The number of amides is 1. The molecule has 0 spiro atoms. The fourth-order valence-electron chi connectivity index (χ4n) is 4.07. The van der Waals surface area contributed by atoms with E-state index in [1.807, 2.05) is 41.2 Å². The smallest absolute Gasteiger partial charge is 0.252 e. The highest BCUT2D eigenvalue weighted by atomic mass is 19.1. The van der Waals surface area contributed by atoms with Gasteiger partial charge in [0.15, 0.2) is 0 Å². The van der Waals surface area contributed by atoms with E-state index < -0.39 is 0 Å². The molecule has 4 rings (SSSR count). The molecule has 0 aliphatic carbocycles. The Morgan fingerprint density at radius 3 is 2.87 bits per heavy atom. The van der Waals surface area contributed by atoms with E-state index in [4.69, 9.17) is 0 Å². The number of aryl methyl sites for hydroxylation is 1. The Kier molecular flexibility index (Phi) is 7.04. The maximum atomic E-state index is 14.0. The molecular weight excluding hydrogens is 393 g/mol. The zero-order valence-corrected chi connectivity index (χ0v) is 17.6. The van der Waals surface area contributed by atoms with Crippen LogP contribution in [0.25, 0.3) is 0 Å². The molecule has 0 bridgehead atoms. The van der Waals surface area contributed by atoms with Gasteiger partial charge in [-0.25, -0.2) is 4.39 Å². The third-order valence-corrected chi connectivity index (χ3v) is 5.73. The summed E-state index contributed by atoms with van der Waals surface area (Å²) in [6.45, 7) is 3.79. The third-order valence-electron chi connectivity index (χ3n) is 5.73. The lowest BCUT2D eigenvalue weighted by Gasteiger charge is -2.32. The molecule has 1 aliphatic rings. The minimum Gasteiger partial charge on any atom is -0.352 e. The molecule has 1 amide bonds. The van der Waals surface area contributed by atoms with Gasteiger partial charge in [-0.3, -0.25) is 19.4 Å². The Bertz CT molecular complexity index is 974. The predicted molar refractivity (Wildman–Crippen MR) is 117 cm³/mol. The summed E-state index contributed by atoms with van der Waals surface area (Å²) >= 11 is 0. The number of nitrogens with zero attached hydrogens (tertiary/aromatic N) is 4. The number of carbonyl (C=O) groups excluding carboxylic acids is 1. The van der Waals surface area contributed by atoms with Crippen LogP contribution in [-0.2, 0) is 13.1 Å². The molecule has 1 N–H and O–H groups in total. The number of halogens is 1. The fraction of sp³-hybridized carbons (Fsp3) is 0.375. The van der Waals surface area contributed by atoms with Gasteiger partial charge in [0.25, 0.3) is 5.91 Å². The maximum Gasteiger partial charge on any atom is 0.252 e. The number of pyridine rings is 1. The van der Waals surface area contributed by atoms with Gasteiger partial charge in [-0.15, -0.1) is 0 Å². The SMILES string of the molecule is O=C(NCCCn1cccn1)c1ccc([C@@H]2CCCN(Cc3ccccc3F)C2)nc1. The molecule has 7 heteroatoms. The first-order chi connectivity index (χ1) is 15.2. The van der Waals surface area contributed by atoms with Crippen LogP contribution < -0.4 is 5.32 Å². The van der Waals surface area contributed by atoms with Gasteiger partial charge in [-0.2, -0.15) is 5.10 Å². The number of likely N-dealkylation sites (tertiary alicyclic amines) is 1. The van der Waals surface area contributed by atoms with Crippen LogP contribution in [0.4, 0.5) is 4.39 Å². The average Bonchev–Trinajstić information content (AvgIpc) is 3.32. The summed E-state index contributed by atoms with van der Waals surface area (Å²) in [6, 6.07) is 12.6. The number of hydrogen-bond donors (Lipinski definition) is 1. The zero-order chi connectivity index (χ0) is 21.5. The Morgan fingerprint density at radius 1 is 1.19 bits per heavy atom. The van der Waals surface area contributed by atoms with E-state index in [2.05, 4.69) is 20.3 Å². The van der Waals surface area contributed by atoms with E-state index in [1.54, 1.807) is 18.5 Å². The Hall–Kier alpha value is -3.06. The highest BCUT2D eigenvalue weighted by molar-refractivity contribution is 5.93. The predicted octanol–water partition coefficient (Wildman–Crippen LogP) is 3.62. The van der Waals surface area contributed by atoms with Gasteiger partial charge in [0.05, 0.1) is 5.56 Å². The van der Waals surface area contributed by atoms with Crippen LogP contribution in [0.3, 0.4) is 0 Å². The summed E-state index contributed by atoms with van der Waals surface area (Å²) in [5.41, 5.74) is 2.30. The number of piperidine rings is 1. The normalized spacial score (nSPS) is 16.9. The lowest BCUT2D eigenvalue weighted by atomic mass is 9.93. The van der Waals surface area contributed by atoms with E-state index in [9.17, 15) is 9.18 Å². The Balaban J connectivity index is 1.27. The fourth-order valence-corrected chi connectivity index (χ4v) is 4.07. The molecular formula is C24H28FN5O. The van der Waals surface area contributed by atoms with Gasteiger partial charge in [0, 0.05) is 61.9 Å². The number of carbonyl (C=O) groups is 1. The second kappa shape index (κ2) is 10.3. The van der Waals surface area contributed by atoms with E-state index in [0.29, 0.717) is 24.6 Å². The highest BCUT2D eigenvalue weighted by Gasteiger charge is 2.23. The van der Waals surface area contributed by atoms with Gasteiger partial charge in [-0.05, 0) is 50.1 Å². The molecule has 0 radical (unpaired) electrons. The molecule has 1 atom stereocenters. The first kappa shape index (κ1) is 21.2. The van der Waals surface area contributed by atoms with Gasteiger partial charge >= 0.3 is 0 Å². The van der Waals surface area contributed by atoms with Crippen LogP contribution in [0.5, 0.6) is 0 Å². The van der Waals surface area contributed by atoms with Gasteiger partial charge in [0.2, 0.25) is 0 Å². The summed E-state index contributed by atoms with van der Waals surface area (Å²) < 4.78 is 15.8. The van der Waals surface area contributed by atoms with Crippen LogP contribution in [0, 0.1) is 5.82 Å². The lowest BCUT2D eigenvalue weighted by Crippen LogP contribution is -2.34. The van der Waals surface area contributed by atoms with Crippen molar-refractivity contribution in [3.8, 4) is 0 Å². The van der Waals surface area contributed by atoms with Crippen molar-refractivity contribution in [2.75, 3.05) is 19.6 Å². The summed E-state index contributed by atoms with van der Waals surface area (Å²) in [6.07, 6.45) is 8.25. The van der Waals surface area contributed by atoms with Crippen molar-refractivity contribution in [3.63, 3.8) is 0 Å². The highest BCUT2D eigenvalue weighted by Crippen LogP contribution is 2.27. The standard InChI is InChI=1S/C24H28FN5O/c25-22-8-2-1-6-20(22)17-29-13-3-7-21(18-29)23-10-9-19(16-27-23)24(31)26-11-4-14-30-15-5-12-28-30/h1-2,5-6,8-10,12,15-16,21H,3-4,7,11,13-14,17-18H2,(H,26,31)/t21-/m1/s1. The van der Waals surface area contributed by atoms with Crippen LogP contribution in [0.2, 0.25) is 0 Å². The first-order valence-corrected chi connectivity index (χ1v) is 10.9. The number of hydrogen-bond acceptors (Lipinski definition) is 4. The lowest BCUT2D eigenvalue weighted by molar-refractivity contribution is 0.0952. The Morgan fingerprint density at radius 2 is 2.10 bits per heavy atom. The van der Waals surface area contributed by atoms with E-state index in [-0.39, 0.29) is 11.7 Å². The summed E-state index contributed by atoms with van der Waals surface area (Å²) in [5, 5.41) is 7.09. The molecule has 0 saturated carbocycles. The average molecular weight is 422 g/mol.